The van der Waals surface area contributed by atoms with Crippen molar-refractivity contribution in [3.63, 3.8) is 0 Å². The molecule has 0 saturated carbocycles. The molecule has 0 aliphatic carbocycles. The Hall–Kier alpha value is -1.65. The van der Waals surface area contributed by atoms with Crippen LogP contribution in [0.3, 0.4) is 0 Å². The van der Waals surface area contributed by atoms with Crippen molar-refractivity contribution in [2.75, 3.05) is 14.1 Å². The number of halogens is 2. The summed E-state index contributed by atoms with van der Waals surface area (Å²) >= 11 is 12.3. The summed E-state index contributed by atoms with van der Waals surface area (Å²) in [6, 6.07) is 10.8. The molecule has 0 radical (unpaired) electrons. The summed E-state index contributed by atoms with van der Waals surface area (Å²) in [6.45, 7) is 0. The van der Waals surface area contributed by atoms with Crippen molar-refractivity contribution < 1.29 is 14.3 Å². The molecule has 0 spiro atoms. The topological polar surface area (TPSA) is 69.6 Å². The maximum atomic E-state index is 12.1. The van der Waals surface area contributed by atoms with Gasteiger partial charge in [0.2, 0.25) is 5.30 Å². The zero-order chi connectivity index (χ0) is 17.9. The first kappa shape index (κ1) is 18.7. The molecule has 0 fully saturated rings. The van der Waals surface area contributed by atoms with E-state index in [2.05, 4.69) is 5.32 Å². The lowest BCUT2D eigenvalue weighted by Gasteiger charge is -2.29. The van der Waals surface area contributed by atoms with Crippen LogP contribution in [0.1, 0.15) is 17.2 Å². The van der Waals surface area contributed by atoms with Crippen LogP contribution in [-0.4, -0.2) is 29.9 Å². The van der Waals surface area contributed by atoms with Gasteiger partial charge in [0.05, 0.1) is 6.04 Å². The lowest BCUT2D eigenvalue weighted by atomic mass is 9.97. The molecular weight excluding hydrogens is 370 g/mol. The third-order valence-corrected chi connectivity index (χ3v) is 4.91. The SMILES string of the molecule is CNC(=O)N(C)C(c1ccc([P+](=O)O)cc1)c1ccc(Cl)cc1Cl. The number of benzene rings is 2. The van der Waals surface area contributed by atoms with Gasteiger partial charge in [-0.2, -0.15) is 4.89 Å². The number of carbonyl (C=O) groups excluding carboxylic acids is 1. The predicted molar refractivity (Wildman–Crippen MR) is 96.4 cm³/mol. The zero-order valence-corrected chi connectivity index (χ0v) is 15.4. The van der Waals surface area contributed by atoms with Crippen LogP contribution in [0.25, 0.3) is 0 Å². The molecule has 126 valence electrons. The molecule has 2 unspecified atom stereocenters. The highest BCUT2D eigenvalue weighted by molar-refractivity contribution is 7.47. The number of urea groups is 1. The highest BCUT2D eigenvalue weighted by Crippen LogP contribution is 2.34. The van der Waals surface area contributed by atoms with Crippen LogP contribution in [0.15, 0.2) is 42.5 Å². The first-order valence-corrected chi connectivity index (χ1v) is 8.97. The summed E-state index contributed by atoms with van der Waals surface area (Å²) in [5.74, 6) is 0. The Kier molecular flexibility index (Phi) is 6.19. The van der Waals surface area contributed by atoms with Crippen molar-refractivity contribution in [2.45, 2.75) is 6.04 Å². The lowest BCUT2D eigenvalue weighted by molar-refractivity contribution is 0.200. The highest BCUT2D eigenvalue weighted by atomic mass is 35.5. The quantitative estimate of drug-likeness (QED) is 0.788. The van der Waals surface area contributed by atoms with Gasteiger partial charge in [-0.05, 0) is 40.0 Å². The summed E-state index contributed by atoms with van der Waals surface area (Å²) in [6.07, 6.45) is 0. The number of nitrogens with one attached hydrogen (secondary N) is 1. The van der Waals surface area contributed by atoms with Crippen molar-refractivity contribution in [2.24, 2.45) is 0 Å². The second-order valence-corrected chi connectivity index (χ2v) is 7.00. The minimum atomic E-state index is -2.41. The largest absolute Gasteiger partial charge is 0.546 e. The number of rotatable bonds is 4. The summed E-state index contributed by atoms with van der Waals surface area (Å²) in [5, 5.41) is 3.82. The Morgan fingerprint density at radius 2 is 1.83 bits per heavy atom. The highest BCUT2D eigenvalue weighted by Gasteiger charge is 2.26. The van der Waals surface area contributed by atoms with E-state index in [0.717, 1.165) is 5.56 Å². The Morgan fingerprint density at radius 1 is 1.21 bits per heavy atom. The van der Waals surface area contributed by atoms with Gasteiger partial charge in [-0.15, -0.1) is 0 Å². The van der Waals surface area contributed by atoms with E-state index >= 15 is 0 Å². The molecule has 0 aromatic heterocycles. The molecule has 2 rings (SSSR count). The maximum absolute atomic E-state index is 12.1. The number of carbonyl (C=O) groups is 1. The summed E-state index contributed by atoms with van der Waals surface area (Å²) < 4.78 is 11.2. The number of hydrogen-bond acceptors (Lipinski definition) is 2. The zero-order valence-electron chi connectivity index (χ0n) is 13.0. The van der Waals surface area contributed by atoms with Crippen LogP contribution >= 0.6 is 31.2 Å². The van der Waals surface area contributed by atoms with Gasteiger partial charge in [0.1, 0.15) is 0 Å². The van der Waals surface area contributed by atoms with Gasteiger partial charge in [0.15, 0.2) is 0 Å². The van der Waals surface area contributed by atoms with E-state index in [4.69, 9.17) is 23.2 Å². The Labute approximate surface area is 151 Å². The molecule has 0 bridgehead atoms. The molecule has 5 nitrogen and oxygen atoms in total. The minimum Gasteiger partial charge on any atom is -0.341 e. The summed E-state index contributed by atoms with van der Waals surface area (Å²) in [5.41, 5.74) is 1.46. The van der Waals surface area contributed by atoms with E-state index in [1.807, 2.05) is 0 Å². The van der Waals surface area contributed by atoms with E-state index in [9.17, 15) is 14.3 Å². The van der Waals surface area contributed by atoms with Gasteiger partial charge in [-0.1, -0.05) is 41.4 Å². The van der Waals surface area contributed by atoms with Crippen molar-refractivity contribution in [1.82, 2.24) is 10.2 Å². The molecule has 0 aliphatic rings. The molecule has 0 heterocycles. The smallest absolute Gasteiger partial charge is 0.341 e. The number of amides is 2. The van der Waals surface area contributed by atoms with Crippen molar-refractivity contribution in [1.29, 1.82) is 0 Å². The van der Waals surface area contributed by atoms with Gasteiger partial charge in [-0.3, -0.25) is 0 Å². The fourth-order valence-electron chi connectivity index (χ4n) is 2.41. The fourth-order valence-corrected chi connectivity index (χ4v) is 3.33. The van der Waals surface area contributed by atoms with Gasteiger partial charge >= 0.3 is 14.1 Å². The van der Waals surface area contributed by atoms with Crippen LogP contribution in [0, 0.1) is 0 Å². The molecule has 0 aliphatic heterocycles. The van der Waals surface area contributed by atoms with Crippen molar-refractivity contribution >= 4 is 42.6 Å². The molecule has 2 aromatic carbocycles. The van der Waals surface area contributed by atoms with Crippen LogP contribution in [0.2, 0.25) is 10.0 Å². The Morgan fingerprint density at radius 3 is 2.33 bits per heavy atom. The molecule has 0 saturated heterocycles. The van der Waals surface area contributed by atoms with Gasteiger partial charge in [-0.25, -0.2) is 4.79 Å². The van der Waals surface area contributed by atoms with Crippen LogP contribution in [-0.2, 0) is 4.57 Å². The number of hydrogen-bond donors (Lipinski definition) is 2. The molecular formula is C16H16Cl2N2O3P+. The first-order valence-electron chi connectivity index (χ1n) is 7.00. The second-order valence-electron chi connectivity index (χ2n) is 5.10. The third-order valence-electron chi connectivity index (χ3n) is 3.61. The second kappa shape index (κ2) is 7.95. The molecule has 2 N–H and O–H groups in total. The Balaban J connectivity index is 2.54. The average Bonchev–Trinajstić information content (AvgIpc) is 2.56. The maximum Gasteiger partial charge on any atom is 0.546 e. The van der Waals surface area contributed by atoms with Gasteiger partial charge in [0, 0.05) is 24.1 Å². The monoisotopic (exact) mass is 385 g/mol. The van der Waals surface area contributed by atoms with Crippen LogP contribution in [0.5, 0.6) is 0 Å². The molecule has 24 heavy (non-hydrogen) atoms. The average molecular weight is 386 g/mol. The molecule has 2 aromatic rings. The van der Waals surface area contributed by atoms with Gasteiger partial charge < -0.3 is 10.2 Å². The molecule has 8 heteroatoms. The van der Waals surface area contributed by atoms with E-state index in [1.165, 1.54) is 4.90 Å². The Bertz CT molecular complexity index is 768. The van der Waals surface area contributed by atoms with Crippen molar-refractivity contribution in [3.8, 4) is 0 Å². The van der Waals surface area contributed by atoms with E-state index in [0.29, 0.717) is 20.9 Å². The fraction of sp³-hybridized carbons (Fsp3) is 0.188. The number of nitrogens with zero attached hydrogens (tertiary/aromatic N) is 1. The van der Waals surface area contributed by atoms with E-state index < -0.39 is 14.1 Å². The van der Waals surface area contributed by atoms with Crippen molar-refractivity contribution in [3.05, 3.63) is 63.6 Å². The van der Waals surface area contributed by atoms with E-state index in [1.54, 1.807) is 56.6 Å². The predicted octanol–water partition coefficient (Wildman–Crippen LogP) is 3.71. The normalized spacial score (nSPS) is 12.5. The van der Waals surface area contributed by atoms with Crippen LogP contribution < -0.4 is 10.6 Å². The van der Waals surface area contributed by atoms with Crippen LogP contribution in [0.4, 0.5) is 4.79 Å². The standard InChI is InChI=1S/C16H15Cl2N2O3P/c1-19-16(21)20(2)15(13-8-5-11(17)9-14(13)18)10-3-6-12(7-4-10)24(22)23/h3-9,15H,1-2H3,(H-,19,21,22,23)/p+1. The molecule has 2 atom stereocenters. The summed E-state index contributed by atoms with van der Waals surface area (Å²) in [7, 11) is 0.779. The van der Waals surface area contributed by atoms with E-state index in [-0.39, 0.29) is 6.03 Å². The van der Waals surface area contributed by atoms with Gasteiger partial charge in [0.25, 0.3) is 0 Å². The lowest BCUT2D eigenvalue weighted by Crippen LogP contribution is -2.38. The molecule has 2 amide bonds. The minimum absolute atomic E-state index is 0.289. The summed E-state index contributed by atoms with van der Waals surface area (Å²) in [4.78, 5) is 22.8. The third kappa shape index (κ3) is 4.05. The first-order chi connectivity index (χ1) is 11.3.